The predicted molar refractivity (Wildman–Crippen MR) is 77.9 cm³/mol. The highest BCUT2D eigenvalue weighted by Gasteiger charge is 2.23. The van der Waals surface area contributed by atoms with E-state index in [4.69, 9.17) is 5.73 Å². The third-order valence-electron chi connectivity index (χ3n) is 3.77. The van der Waals surface area contributed by atoms with E-state index in [1.807, 2.05) is 4.90 Å². The molecule has 1 aliphatic rings. The molecule has 19 heavy (non-hydrogen) atoms. The van der Waals surface area contributed by atoms with Crippen LogP contribution in [0.4, 0.5) is 0 Å². The van der Waals surface area contributed by atoms with Crippen LogP contribution >= 0.6 is 0 Å². The molecule has 1 atom stereocenters. The smallest absolute Gasteiger partial charge is 0.239 e. The first-order chi connectivity index (χ1) is 9.08. The largest absolute Gasteiger partial charge is 0.341 e. The van der Waals surface area contributed by atoms with Crippen LogP contribution in [-0.2, 0) is 17.6 Å². The normalized spacial score (nSPS) is 16.9. The lowest BCUT2D eigenvalue weighted by Crippen LogP contribution is -2.45. The zero-order valence-electron chi connectivity index (χ0n) is 11.9. The Kier molecular flexibility index (Phi) is 4.59. The summed E-state index contributed by atoms with van der Waals surface area (Å²) in [6.07, 6.45) is 2.65. The zero-order valence-corrected chi connectivity index (χ0v) is 11.9. The molecular formula is C16H24N2O. The summed E-state index contributed by atoms with van der Waals surface area (Å²) in [6.45, 7) is 5.79. The van der Waals surface area contributed by atoms with Gasteiger partial charge in [-0.3, -0.25) is 4.79 Å². The minimum absolute atomic E-state index is 0.113. The zero-order chi connectivity index (χ0) is 13.8. The SMILES string of the molecule is CC(C)CC(N)C(=O)N1CCc2ccccc2CC1. The number of carbonyl (C=O) groups excluding carboxylic acids is 1. The van der Waals surface area contributed by atoms with Crippen molar-refractivity contribution in [2.45, 2.75) is 39.2 Å². The van der Waals surface area contributed by atoms with Gasteiger partial charge >= 0.3 is 0 Å². The van der Waals surface area contributed by atoms with Crippen molar-refractivity contribution in [3.05, 3.63) is 35.4 Å². The van der Waals surface area contributed by atoms with Crippen molar-refractivity contribution < 1.29 is 4.79 Å². The minimum atomic E-state index is -0.346. The molecule has 1 aromatic carbocycles. The molecule has 0 radical (unpaired) electrons. The summed E-state index contributed by atoms with van der Waals surface area (Å²) in [4.78, 5) is 14.3. The highest BCUT2D eigenvalue weighted by molar-refractivity contribution is 5.81. The number of hydrogen-bond acceptors (Lipinski definition) is 2. The fourth-order valence-electron chi connectivity index (χ4n) is 2.73. The number of benzene rings is 1. The summed E-state index contributed by atoms with van der Waals surface area (Å²) in [6, 6.07) is 8.12. The molecule has 1 heterocycles. The Labute approximate surface area is 115 Å². The van der Waals surface area contributed by atoms with Crippen LogP contribution in [0.25, 0.3) is 0 Å². The lowest BCUT2D eigenvalue weighted by molar-refractivity contribution is -0.132. The third kappa shape index (κ3) is 3.57. The number of amides is 1. The Hall–Kier alpha value is -1.35. The number of fused-ring (bicyclic) bond motifs is 1. The van der Waals surface area contributed by atoms with Crippen molar-refractivity contribution in [2.75, 3.05) is 13.1 Å². The van der Waals surface area contributed by atoms with Crippen LogP contribution in [0.1, 0.15) is 31.4 Å². The fourth-order valence-corrected chi connectivity index (χ4v) is 2.73. The van der Waals surface area contributed by atoms with Crippen molar-refractivity contribution in [1.29, 1.82) is 0 Å². The minimum Gasteiger partial charge on any atom is -0.341 e. The molecule has 2 N–H and O–H groups in total. The molecular weight excluding hydrogens is 236 g/mol. The lowest BCUT2D eigenvalue weighted by atomic mass is 10.0. The van der Waals surface area contributed by atoms with Gasteiger partial charge in [0.1, 0.15) is 0 Å². The summed E-state index contributed by atoms with van der Waals surface area (Å²) in [5, 5.41) is 0. The van der Waals surface area contributed by atoms with Crippen LogP contribution in [0.15, 0.2) is 24.3 Å². The molecule has 0 aromatic heterocycles. The second kappa shape index (κ2) is 6.20. The van der Waals surface area contributed by atoms with Gasteiger partial charge in [0, 0.05) is 13.1 Å². The van der Waals surface area contributed by atoms with Crippen molar-refractivity contribution in [2.24, 2.45) is 11.7 Å². The van der Waals surface area contributed by atoms with Gasteiger partial charge in [0.15, 0.2) is 0 Å². The Bertz CT molecular complexity index is 415. The van der Waals surface area contributed by atoms with Crippen LogP contribution in [0.5, 0.6) is 0 Å². The van der Waals surface area contributed by atoms with E-state index in [0.717, 1.165) is 32.4 Å². The average molecular weight is 260 g/mol. The molecule has 1 amide bonds. The van der Waals surface area contributed by atoms with E-state index in [1.165, 1.54) is 11.1 Å². The first kappa shape index (κ1) is 14.1. The monoisotopic (exact) mass is 260 g/mol. The summed E-state index contributed by atoms with van der Waals surface area (Å²) >= 11 is 0. The fraction of sp³-hybridized carbons (Fsp3) is 0.562. The molecule has 0 bridgehead atoms. The molecule has 0 spiro atoms. The van der Waals surface area contributed by atoms with Gasteiger partial charge in [-0.1, -0.05) is 38.1 Å². The van der Waals surface area contributed by atoms with Gasteiger partial charge in [0.25, 0.3) is 0 Å². The quantitative estimate of drug-likeness (QED) is 0.903. The third-order valence-corrected chi connectivity index (χ3v) is 3.77. The Morgan fingerprint density at radius 2 is 1.74 bits per heavy atom. The van der Waals surface area contributed by atoms with Gasteiger partial charge in [-0.2, -0.15) is 0 Å². The molecule has 1 unspecified atom stereocenters. The Balaban J connectivity index is 1.99. The molecule has 104 valence electrons. The van der Waals surface area contributed by atoms with Crippen LogP contribution in [0.2, 0.25) is 0 Å². The summed E-state index contributed by atoms with van der Waals surface area (Å²) in [5.41, 5.74) is 8.76. The average Bonchev–Trinajstić information content (AvgIpc) is 2.59. The van der Waals surface area contributed by atoms with Gasteiger partial charge in [-0.15, -0.1) is 0 Å². The molecule has 3 heteroatoms. The van der Waals surface area contributed by atoms with E-state index < -0.39 is 0 Å². The van der Waals surface area contributed by atoms with Crippen molar-refractivity contribution in [3.63, 3.8) is 0 Å². The number of rotatable bonds is 3. The molecule has 1 aliphatic heterocycles. The van der Waals surface area contributed by atoms with Crippen molar-refractivity contribution >= 4 is 5.91 Å². The van der Waals surface area contributed by atoms with E-state index in [0.29, 0.717) is 5.92 Å². The van der Waals surface area contributed by atoms with Gasteiger partial charge in [0.2, 0.25) is 5.91 Å². The Morgan fingerprint density at radius 3 is 2.21 bits per heavy atom. The lowest BCUT2D eigenvalue weighted by Gasteiger charge is -2.24. The molecule has 0 fully saturated rings. The number of hydrogen-bond donors (Lipinski definition) is 1. The van der Waals surface area contributed by atoms with Crippen molar-refractivity contribution in [1.82, 2.24) is 4.90 Å². The topological polar surface area (TPSA) is 46.3 Å². The highest BCUT2D eigenvalue weighted by Crippen LogP contribution is 2.16. The molecule has 1 aromatic rings. The predicted octanol–water partition coefficient (Wildman–Crippen LogP) is 1.99. The second-order valence-electron chi connectivity index (χ2n) is 5.83. The van der Waals surface area contributed by atoms with E-state index in [1.54, 1.807) is 0 Å². The summed E-state index contributed by atoms with van der Waals surface area (Å²) < 4.78 is 0. The maximum atomic E-state index is 12.3. The maximum Gasteiger partial charge on any atom is 0.239 e. The first-order valence-electron chi connectivity index (χ1n) is 7.19. The standard InChI is InChI=1S/C16H24N2O/c1-12(2)11-15(17)16(19)18-9-7-13-5-3-4-6-14(13)8-10-18/h3-6,12,15H,7-11,17H2,1-2H3. The van der Waals surface area contributed by atoms with E-state index >= 15 is 0 Å². The van der Waals surface area contributed by atoms with Gasteiger partial charge < -0.3 is 10.6 Å². The number of carbonyl (C=O) groups is 1. The first-order valence-corrected chi connectivity index (χ1v) is 7.19. The van der Waals surface area contributed by atoms with Crippen LogP contribution in [0.3, 0.4) is 0 Å². The van der Waals surface area contributed by atoms with Gasteiger partial charge in [0.05, 0.1) is 6.04 Å². The van der Waals surface area contributed by atoms with Crippen LogP contribution in [-0.4, -0.2) is 29.9 Å². The molecule has 2 rings (SSSR count). The van der Waals surface area contributed by atoms with Crippen LogP contribution in [0, 0.1) is 5.92 Å². The van der Waals surface area contributed by atoms with E-state index in [9.17, 15) is 4.79 Å². The van der Waals surface area contributed by atoms with Gasteiger partial charge in [-0.05, 0) is 36.3 Å². The van der Waals surface area contributed by atoms with E-state index in [2.05, 4.69) is 38.1 Å². The van der Waals surface area contributed by atoms with Gasteiger partial charge in [-0.25, -0.2) is 0 Å². The van der Waals surface area contributed by atoms with E-state index in [-0.39, 0.29) is 11.9 Å². The highest BCUT2D eigenvalue weighted by atomic mass is 16.2. The second-order valence-corrected chi connectivity index (χ2v) is 5.83. The maximum absolute atomic E-state index is 12.3. The summed E-state index contributed by atoms with van der Waals surface area (Å²) in [7, 11) is 0. The molecule has 0 aliphatic carbocycles. The van der Waals surface area contributed by atoms with Crippen LogP contribution < -0.4 is 5.73 Å². The summed E-state index contributed by atoms with van der Waals surface area (Å²) in [5.74, 6) is 0.574. The molecule has 3 nitrogen and oxygen atoms in total. The molecule has 0 saturated heterocycles. The number of nitrogens with zero attached hydrogens (tertiary/aromatic N) is 1. The number of nitrogens with two attached hydrogens (primary N) is 1. The van der Waals surface area contributed by atoms with Crippen molar-refractivity contribution in [3.8, 4) is 0 Å². The molecule has 0 saturated carbocycles. The Morgan fingerprint density at radius 1 is 1.21 bits per heavy atom.